The lowest BCUT2D eigenvalue weighted by atomic mass is 10.2. The largest absolute Gasteiger partial charge is 0.436 e. The van der Waals surface area contributed by atoms with Crippen molar-refractivity contribution in [3.8, 4) is 0 Å². The number of esters is 1. The minimum atomic E-state index is -2.17. The minimum absolute atomic E-state index is 0.0453. The van der Waals surface area contributed by atoms with E-state index in [1.807, 2.05) is 6.55 Å². The summed E-state index contributed by atoms with van der Waals surface area (Å²) in [7, 11) is -0.514. The van der Waals surface area contributed by atoms with Crippen molar-refractivity contribution in [1.29, 1.82) is 0 Å². The second-order valence-corrected chi connectivity index (χ2v) is 7.90. The Kier molecular flexibility index (Phi) is 9.91. The first-order chi connectivity index (χ1) is 8.58. The highest BCUT2D eigenvalue weighted by Crippen LogP contribution is 2.18. The molecule has 0 radical (unpaired) electrons. The van der Waals surface area contributed by atoms with Crippen LogP contribution in [0, 0.1) is 0 Å². The molecule has 0 rings (SSSR count). The summed E-state index contributed by atoms with van der Waals surface area (Å²) in [5.41, 5.74) is 0. The molecule has 0 heterocycles. The van der Waals surface area contributed by atoms with Crippen LogP contribution in [0.3, 0.4) is 0 Å². The predicted molar refractivity (Wildman–Crippen MR) is 74.4 cm³/mol. The normalized spacial score (nSPS) is 13.9. The average molecular weight is 274 g/mol. The van der Waals surface area contributed by atoms with Crippen molar-refractivity contribution in [3.05, 3.63) is 12.7 Å². The number of carbonyl (C=O) groups excluding carboxylic acids is 1. The van der Waals surface area contributed by atoms with E-state index in [4.69, 9.17) is 13.6 Å². The predicted octanol–water partition coefficient (Wildman–Crippen LogP) is 3.38. The molecule has 18 heavy (non-hydrogen) atoms. The van der Waals surface area contributed by atoms with Gasteiger partial charge in [-0.15, -0.1) is 0 Å². The van der Waals surface area contributed by atoms with Crippen molar-refractivity contribution in [3.63, 3.8) is 0 Å². The second-order valence-electron chi connectivity index (χ2n) is 4.43. The van der Waals surface area contributed by atoms with Gasteiger partial charge in [-0.1, -0.05) is 45.6 Å². The highest BCUT2D eigenvalue weighted by Gasteiger charge is 2.29. The van der Waals surface area contributed by atoms with Gasteiger partial charge in [0, 0.05) is 13.2 Å². The van der Waals surface area contributed by atoms with Crippen molar-refractivity contribution in [2.24, 2.45) is 0 Å². The van der Waals surface area contributed by atoms with Gasteiger partial charge < -0.3 is 13.6 Å². The Morgan fingerprint density at radius 1 is 1.28 bits per heavy atom. The number of rotatable bonds is 11. The van der Waals surface area contributed by atoms with Gasteiger partial charge in [0.1, 0.15) is 0 Å². The maximum Gasteiger partial charge on any atom is 0.337 e. The third-order valence-electron chi connectivity index (χ3n) is 2.90. The van der Waals surface area contributed by atoms with E-state index < -0.39 is 14.5 Å². The zero-order valence-electron chi connectivity index (χ0n) is 11.9. The second kappa shape index (κ2) is 10.3. The van der Waals surface area contributed by atoms with Gasteiger partial charge in [-0.3, -0.25) is 0 Å². The van der Waals surface area contributed by atoms with Crippen molar-refractivity contribution < 1.29 is 18.4 Å². The zero-order chi connectivity index (χ0) is 13.9. The Balaban J connectivity index is 3.80. The molecule has 0 N–H and O–H groups in total. The molecule has 0 aliphatic heterocycles. The molecular formula is C13H26O4Si. The van der Waals surface area contributed by atoms with E-state index in [1.54, 1.807) is 7.11 Å². The number of carbonyl (C=O) groups is 1. The highest BCUT2D eigenvalue weighted by atomic mass is 28.4. The molecule has 0 aromatic rings. The SMILES string of the molecule is C=CC(=O)OCO[Si](C)(CCCCCCC)OC. The van der Waals surface area contributed by atoms with Gasteiger partial charge in [0.2, 0.25) is 0 Å². The quantitative estimate of drug-likeness (QED) is 0.190. The molecule has 0 aromatic heterocycles. The molecule has 0 spiro atoms. The van der Waals surface area contributed by atoms with E-state index in [-0.39, 0.29) is 6.79 Å². The molecule has 0 saturated carbocycles. The summed E-state index contributed by atoms with van der Waals surface area (Å²) in [4.78, 5) is 10.9. The smallest absolute Gasteiger partial charge is 0.337 e. The monoisotopic (exact) mass is 274 g/mol. The molecule has 1 unspecified atom stereocenters. The van der Waals surface area contributed by atoms with Gasteiger partial charge in [0.05, 0.1) is 0 Å². The fourth-order valence-electron chi connectivity index (χ4n) is 1.55. The molecule has 0 aliphatic carbocycles. The molecule has 106 valence electrons. The first kappa shape index (κ1) is 17.3. The van der Waals surface area contributed by atoms with Crippen LogP contribution in [0.25, 0.3) is 0 Å². The lowest BCUT2D eigenvalue weighted by Crippen LogP contribution is -2.38. The summed E-state index contributed by atoms with van der Waals surface area (Å²) in [6, 6.07) is 0.929. The Bertz CT molecular complexity index is 245. The average Bonchev–Trinajstić information content (AvgIpc) is 2.38. The van der Waals surface area contributed by atoms with Crippen molar-refractivity contribution in [2.45, 2.75) is 51.6 Å². The molecule has 0 fully saturated rings. The van der Waals surface area contributed by atoms with Crippen LogP contribution in [-0.2, 0) is 18.4 Å². The van der Waals surface area contributed by atoms with E-state index >= 15 is 0 Å². The van der Waals surface area contributed by atoms with E-state index in [9.17, 15) is 4.79 Å². The standard InChI is InChI=1S/C13H26O4Si/c1-5-7-8-9-10-11-18(4,15-3)17-12-16-13(14)6-2/h6H,2,5,7-12H2,1,3-4H3. The van der Waals surface area contributed by atoms with Crippen molar-refractivity contribution in [2.75, 3.05) is 13.9 Å². The maximum atomic E-state index is 10.9. The fraction of sp³-hybridized carbons (Fsp3) is 0.769. The Hall–Kier alpha value is -0.653. The van der Waals surface area contributed by atoms with Gasteiger partial charge in [-0.05, 0) is 12.6 Å². The van der Waals surface area contributed by atoms with Crippen LogP contribution in [0.1, 0.15) is 39.0 Å². The van der Waals surface area contributed by atoms with E-state index in [0.717, 1.165) is 18.5 Å². The summed E-state index contributed by atoms with van der Waals surface area (Å²) in [6.07, 6.45) is 7.22. The Morgan fingerprint density at radius 2 is 1.94 bits per heavy atom. The van der Waals surface area contributed by atoms with Gasteiger partial charge in [0.15, 0.2) is 6.79 Å². The van der Waals surface area contributed by atoms with Gasteiger partial charge >= 0.3 is 14.5 Å². The molecular weight excluding hydrogens is 248 g/mol. The third kappa shape index (κ3) is 8.44. The Labute approximate surface area is 112 Å². The molecule has 0 bridgehead atoms. The third-order valence-corrected chi connectivity index (χ3v) is 5.75. The van der Waals surface area contributed by atoms with E-state index in [0.29, 0.717) is 0 Å². The van der Waals surface area contributed by atoms with Crippen molar-refractivity contribution >= 4 is 14.5 Å². The van der Waals surface area contributed by atoms with Gasteiger partial charge in [-0.2, -0.15) is 0 Å². The van der Waals surface area contributed by atoms with Crippen LogP contribution >= 0.6 is 0 Å². The highest BCUT2D eigenvalue weighted by molar-refractivity contribution is 6.65. The number of unbranched alkanes of at least 4 members (excludes halogenated alkanes) is 4. The summed E-state index contributed by atoms with van der Waals surface area (Å²) >= 11 is 0. The summed E-state index contributed by atoms with van der Waals surface area (Å²) in [5.74, 6) is -0.467. The molecule has 1 atom stereocenters. The maximum absolute atomic E-state index is 10.9. The van der Waals surface area contributed by atoms with Crippen LogP contribution in [0.2, 0.25) is 12.6 Å². The number of hydrogen-bond acceptors (Lipinski definition) is 4. The molecule has 0 amide bonds. The zero-order valence-corrected chi connectivity index (χ0v) is 12.9. The topological polar surface area (TPSA) is 44.8 Å². The van der Waals surface area contributed by atoms with Gasteiger partial charge in [0.25, 0.3) is 0 Å². The summed E-state index contributed by atoms with van der Waals surface area (Å²) in [6.45, 7) is 7.47. The van der Waals surface area contributed by atoms with Crippen LogP contribution in [0.5, 0.6) is 0 Å². The minimum Gasteiger partial charge on any atom is -0.436 e. The Morgan fingerprint density at radius 3 is 2.50 bits per heavy atom. The van der Waals surface area contributed by atoms with Crippen molar-refractivity contribution in [1.82, 2.24) is 0 Å². The van der Waals surface area contributed by atoms with Gasteiger partial charge in [-0.25, -0.2) is 4.79 Å². The van der Waals surface area contributed by atoms with E-state index in [1.165, 1.54) is 25.7 Å². The van der Waals surface area contributed by atoms with Crippen LogP contribution in [-0.4, -0.2) is 28.4 Å². The van der Waals surface area contributed by atoms with Crippen LogP contribution in [0.4, 0.5) is 0 Å². The lowest BCUT2D eigenvalue weighted by Gasteiger charge is -2.24. The molecule has 0 saturated heterocycles. The van der Waals surface area contributed by atoms with Crippen LogP contribution in [0.15, 0.2) is 12.7 Å². The number of ether oxygens (including phenoxy) is 1. The molecule has 5 heteroatoms. The first-order valence-corrected chi connectivity index (χ1v) is 9.08. The van der Waals surface area contributed by atoms with Crippen LogP contribution < -0.4 is 0 Å². The molecule has 4 nitrogen and oxygen atoms in total. The lowest BCUT2D eigenvalue weighted by molar-refractivity contribution is -0.145. The summed E-state index contributed by atoms with van der Waals surface area (Å²) in [5, 5.41) is 0. The summed E-state index contributed by atoms with van der Waals surface area (Å²) < 4.78 is 15.9. The van der Waals surface area contributed by atoms with E-state index in [2.05, 4.69) is 13.5 Å². The molecule has 0 aliphatic rings. The number of hydrogen-bond donors (Lipinski definition) is 0. The molecule has 0 aromatic carbocycles. The fourth-order valence-corrected chi connectivity index (χ4v) is 3.22. The first-order valence-electron chi connectivity index (χ1n) is 6.56.